The number of aliphatic hydroxyl groups excluding tert-OH is 1. The highest BCUT2D eigenvalue weighted by atomic mass is 16.5. The summed E-state index contributed by atoms with van der Waals surface area (Å²) in [5.41, 5.74) is 0. The monoisotopic (exact) mass is 174 g/mol. The van der Waals surface area contributed by atoms with E-state index in [9.17, 15) is 4.79 Å². The molecule has 1 N–H and O–H groups in total. The van der Waals surface area contributed by atoms with Crippen LogP contribution in [-0.4, -0.2) is 37.0 Å². The molecule has 1 aliphatic rings. The van der Waals surface area contributed by atoms with Gasteiger partial charge >= 0.3 is 5.97 Å². The Morgan fingerprint density at radius 1 is 1.75 bits per heavy atom. The number of hydrogen-bond donors (Lipinski definition) is 1. The Morgan fingerprint density at radius 2 is 2.50 bits per heavy atom. The van der Waals surface area contributed by atoms with Crippen molar-refractivity contribution in [1.29, 1.82) is 0 Å². The molecule has 1 heterocycles. The fourth-order valence-electron chi connectivity index (χ4n) is 1.18. The number of ether oxygens (including phenoxy) is 2. The minimum Gasteiger partial charge on any atom is -0.466 e. The van der Waals surface area contributed by atoms with Crippen molar-refractivity contribution in [3.63, 3.8) is 0 Å². The molecular weight excluding hydrogens is 160 g/mol. The minimum absolute atomic E-state index is 0.0781. The van der Waals surface area contributed by atoms with Crippen LogP contribution in [0.25, 0.3) is 0 Å². The quantitative estimate of drug-likeness (QED) is 0.607. The van der Waals surface area contributed by atoms with E-state index in [4.69, 9.17) is 14.6 Å². The van der Waals surface area contributed by atoms with Crippen LogP contribution >= 0.6 is 0 Å². The van der Waals surface area contributed by atoms with Gasteiger partial charge in [-0.3, -0.25) is 4.79 Å². The van der Waals surface area contributed by atoms with E-state index in [0.717, 1.165) is 0 Å². The summed E-state index contributed by atoms with van der Waals surface area (Å²) < 4.78 is 9.91. The maximum Gasteiger partial charge on any atom is 0.302 e. The van der Waals surface area contributed by atoms with Crippen molar-refractivity contribution in [2.24, 2.45) is 5.92 Å². The van der Waals surface area contributed by atoms with Crippen LogP contribution in [0.5, 0.6) is 0 Å². The first-order valence-corrected chi connectivity index (χ1v) is 4.10. The molecule has 0 spiro atoms. The lowest BCUT2D eigenvalue weighted by molar-refractivity contribution is -0.152. The molecule has 70 valence electrons. The lowest BCUT2D eigenvalue weighted by Gasteiger charge is -2.35. The molecule has 12 heavy (non-hydrogen) atoms. The smallest absolute Gasteiger partial charge is 0.302 e. The lowest BCUT2D eigenvalue weighted by Crippen LogP contribution is -2.42. The molecule has 0 amide bonds. The largest absolute Gasteiger partial charge is 0.466 e. The highest BCUT2D eigenvalue weighted by molar-refractivity contribution is 5.65. The van der Waals surface area contributed by atoms with Crippen LogP contribution in [0.15, 0.2) is 0 Å². The van der Waals surface area contributed by atoms with Crippen LogP contribution in [0.1, 0.15) is 13.3 Å². The molecule has 2 atom stereocenters. The molecule has 0 radical (unpaired) electrons. The first-order valence-electron chi connectivity index (χ1n) is 4.10. The summed E-state index contributed by atoms with van der Waals surface area (Å²) >= 11 is 0. The Morgan fingerprint density at radius 3 is 2.92 bits per heavy atom. The molecule has 1 fully saturated rings. The molecule has 0 aliphatic carbocycles. The third-order valence-corrected chi connectivity index (χ3v) is 1.99. The van der Waals surface area contributed by atoms with E-state index < -0.39 is 0 Å². The Labute approximate surface area is 71.5 Å². The first-order chi connectivity index (χ1) is 5.74. The van der Waals surface area contributed by atoms with E-state index in [-0.39, 0.29) is 24.6 Å². The predicted octanol–water partition coefficient (Wildman–Crippen LogP) is -0.0531. The maximum absolute atomic E-state index is 10.4. The average molecular weight is 174 g/mol. The second-order valence-corrected chi connectivity index (χ2v) is 2.94. The molecule has 4 nitrogen and oxygen atoms in total. The van der Waals surface area contributed by atoms with E-state index in [1.54, 1.807) is 0 Å². The molecule has 4 heteroatoms. The molecule has 0 aromatic rings. The van der Waals surface area contributed by atoms with Gasteiger partial charge in [-0.1, -0.05) is 0 Å². The van der Waals surface area contributed by atoms with Gasteiger partial charge in [0.15, 0.2) is 0 Å². The molecule has 0 aromatic carbocycles. The van der Waals surface area contributed by atoms with Crippen LogP contribution in [0.3, 0.4) is 0 Å². The molecule has 1 rings (SSSR count). The summed E-state index contributed by atoms with van der Waals surface area (Å²) in [7, 11) is 0. The highest BCUT2D eigenvalue weighted by Crippen LogP contribution is 2.22. The van der Waals surface area contributed by atoms with Gasteiger partial charge in [0, 0.05) is 19.3 Å². The summed E-state index contributed by atoms with van der Waals surface area (Å²) in [6, 6.07) is 0. The third-order valence-electron chi connectivity index (χ3n) is 1.99. The van der Waals surface area contributed by atoms with Crippen LogP contribution in [-0.2, 0) is 14.3 Å². The van der Waals surface area contributed by atoms with Gasteiger partial charge in [0.05, 0.1) is 25.9 Å². The summed E-state index contributed by atoms with van der Waals surface area (Å²) in [6.07, 6.45) is 0.763. The van der Waals surface area contributed by atoms with Gasteiger partial charge < -0.3 is 14.6 Å². The number of hydrogen-bond acceptors (Lipinski definition) is 4. The molecule has 0 aromatic heterocycles. The van der Waals surface area contributed by atoms with Gasteiger partial charge in [0.25, 0.3) is 0 Å². The van der Waals surface area contributed by atoms with Crippen molar-refractivity contribution in [2.75, 3.05) is 19.8 Å². The van der Waals surface area contributed by atoms with E-state index >= 15 is 0 Å². The highest BCUT2D eigenvalue weighted by Gasteiger charge is 2.30. The maximum atomic E-state index is 10.4. The van der Waals surface area contributed by atoms with Crippen LogP contribution in [0.2, 0.25) is 0 Å². The zero-order valence-corrected chi connectivity index (χ0v) is 7.16. The second-order valence-electron chi connectivity index (χ2n) is 2.94. The van der Waals surface area contributed by atoms with Gasteiger partial charge in [0.2, 0.25) is 0 Å². The number of aliphatic hydroxyl groups is 1. The van der Waals surface area contributed by atoms with E-state index in [1.165, 1.54) is 6.92 Å². The molecule has 0 bridgehead atoms. The molecule has 0 saturated carbocycles. The van der Waals surface area contributed by atoms with Gasteiger partial charge in [-0.05, 0) is 0 Å². The van der Waals surface area contributed by atoms with E-state index in [2.05, 4.69) is 0 Å². The van der Waals surface area contributed by atoms with Crippen molar-refractivity contribution in [3.8, 4) is 0 Å². The number of esters is 1. The predicted molar refractivity (Wildman–Crippen MR) is 41.6 cm³/mol. The minimum atomic E-state index is -0.269. The molecular formula is C8H14O4. The molecule has 1 aliphatic heterocycles. The zero-order valence-electron chi connectivity index (χ0n) is 7.16. The number of rotatable bonds is 4. The van der Waals surface area contributed by atoms with Gasteiger partial charge in [-0.2, -0.15) is 0 Å². The average Bonchev–Trinajstić information content (AvgIpc) is 1.96. The van der Waals surface area contributed by atoms with E-state index in [1.807, 2.05) is 0 Å². The van der Waals surface area contributed by atoms with Crippen LogP contribution in [0, 0.1) is 5.92 Å². The normalized spacial score (nSPS) is 27.8. The standard InChI is InChI=1S/C8H14O4/c1-6(10)11-3-2-8-7(4-9)5-12-8/h7-9H,2-5H2,1H3. The van der Waals surface area contributed by atoms with Crippen LogP contribution < -0.4 is 0 Å². The summed E-state index contributed by atoms with van der Waals surface area (Å²) in [4.78, 5) is 10.4. The molecule has 2 unspecified atom stereocenters. The summed E-state index contributed by atoms with van der Waals surface area (Å²) in [6.45, 7) is 2.55. The molecule has 1 saturated heterocycles. The number of carbonyl (C=O) groups is 1. The third kappa shape index (κ3) is 2.46. The fraction of sp³-hybridized carbons (Fsp3) is 0.875. The van der Waals surface area contributed by atoms with Crippen molar-refractivity contribution in [1.82, 2.24) is 0 Å². The summed E-state index contributed by atoms with van der Waals surface area (Å²) in [5.74, 6) is -0.0320. The Balaban J connectivity index is 2.03. The van der Waals surface area contributed by atoms with E-state index in [0.29, 0.717) is 19.6 Å². The zero-order chi connectivity index (χ0) is 8.97. The first kappa shape index (κ1) is 9.48. The van der Waals surface area contributed by atoms with Crippen molar-refractivity contribution < 1.29 is 19.4 Å². The Hall–Kier alpha value is -0.610. The van der Waals surface area contributed by atoms with Gasteiger partial charge in [-0.25, -0.2) is 0 Å². The lowest BCUT2D eigenvalue weighted by atomic mass is 9.97. The van der Waals surface area contributed by atoms with Crippen LogP contribution in [0.4, 0.5) is 0 Å². The topological polar surface area (TPSA) is 55.8 Å². The fourth-order valence-corrected chi connectivity index (χ4v) is 1.18. The van der Waals surface area contributed by atoms with Crippen molar-refractivity contribution in [3.05, 3.63) is 0 Å². The Kier molecular flexibility index (Phi) is 3.49. The SMILES string of the molecule is CC(=O)OCCC1OCC1CO. The van der Waals surface area contributed by atoms with Gasteiger partial charge in [0.1, 0.15) is 0 Å². The van der Waals surface area contributed by atoms with Gasteiger partial charge in [-0.15, -0.1) is 0 Å². The summed E-state index contributed by atoms with van der Waals surface area (Å²) in [5, 5.41) is 8.78. The number of carbonyl (C=O) groups excluding carboxylic acids is 1. The second kappa shape index (κ2) is 4.42. The van der Waals surface area contributed by atoms with Crippen molar-refractivity contribution >= 4 is 5.97 Å². The van der Waals surface area contributed by atoms with Crippen molar-refractivity contribution in [2.45, 2.75) is 19.4 Å². The Bertz CT molecular complexity index is 155.